The molecule has 0 heterocycles. The summed E-state index contributed by atoms with van der Waals surface area (Å²) in [4.78, 5) is 22.1. The largest absolute Gasteiger partial charge is 0.481 e. The van der Waals surface area contributed by atoms with Crippen molar-refractivity contribution in [2.75, 3.05) is 6.54 Å². The number of halogens is 2. The van der Waals surface area contributed by atoms with Crippen molar-refractivity contribution in [3.8, 4) is 0 Å². The second kappa shape index (κ2) is 8.34. The molecule has 4 nitrogen and oxygen atoms in total. The Morgan fingerprint density at radius 1 is 1.10 bits per heavy atom. The fraction of sp³-hybridized carbons (Fsp3) is 0.467. The number of unbranched alkanes of at least 4 members (excludes halogenated alkanes) is 3. The van der Waals surface area contributed by atoms with E-state index in [2.05, 4.69) is 5.32 Å². The standard InChI is InChI=1S/C15H19F2NO3/c1-10-8-11(13(17)9-12(10)16)15(21)18-7-5-3-2-4-6-14(19)20/h8-9H,2-7H2,1H3,(H,18,21)(H,19,20). The van der Waals surface area contributed by atoms with E-state index in [-0.39, 0.29) is 17.5 Å². The lowest BCUT2D eigenvalue weighted by Gasteiger charge is -2.07. The molecule has 0 bridgehead atoms. The fourth-order valence-corrected chi connectivity index (χ4v) is 1.88. The molecule has 0 aliphatic rings. The molecule has 0 radical (unpaired) electrons. The molecule has 0 saturated heterocycles. The predicted octanol–water partition coefficient (Wildman–Crippen LogP) is 3.04. The van der Waals surface area contributed by atoms with Crippen LogP contribution in [-0.2, 0) is 4.79 Å². The summed E-state index contributed by atoms with van der Waals surface area (Å²) in [7, 11) is 0. The summed E-state index contributed by atoms with van der Waals surface area (Å²) in [6.45, 7) is 1.84. The fourth-order valence-electron chi connectivity index (χ4n) is 1.88. The van der Waals surface area contributed by atoms with Gasteiger partial charge in [-0.2, -0.15) is 0 Å². The Morgan fingerprint density at radius 2 is 1.76 bits per heavy atom. The van der Waals surface area contributed by atoms with E-state index in [0.717, 1.165) is 12.8 Å². The van der Waals surface area contributed by atoms with Gasteiger partial charge >= 0.3 is 5.97 Å². The third-order valence-corrected chi connectivity index (χ3v) is 3.10. The van der Waals surface area contributed by atoms with Crippen LogP contribution in [-0.4, -0.2) is 23.5 Å². The molecule has 2 N–H and O–H groups in total. The number of aryl methyl sites for hydroxylation is 1. The van der Waals surface area contributed by atoms with Gasteiger partial charge in [-0.05, 0) is 31.4 Å². The van der Waals surface area contributed by atoms with Crippen LogP contribution in [0.2, 0.25) is 0 Å². The Hall–Kier alpha value is -1.98. The van der Waals surface area contributed by atoms with Crippen LogP contribution >= 0.6 is 0 Å². The maximum Gasteiger partial charge on any atom is 0.303 e. The topological polar surface area (TPSA) is 66.4 Å². The van der Waals surface area contributed by atoms with Crippen LogP contribution in [0, 0.1) is 18.6 Å². The quantitative estimate of drug-likeness (QED) is 0.725. The van der Waals surface area contributed by atoms with Crippen molar-refractivity contribution in [2.24, 2.45) is 0 Å². The number of nitrogens with one attached hydrogen (secondary N) is 1. The number of carboxylic acid groups (broad SMARTS) is 1. The molecular formula is C15H19F2NO3. The number of amides is 1. The molecule has 21 heavy (non-hydrogen) atoms. The number of benzene rings is 1. The zero-order valence-electron chi connectivity index (χ0n) is 11.9. The number of carbonyl (C=O) groups excluding carboxylic acids is 1. The van der Waals surface area contributed by atoms with Crippen molar-refractivity contribution in [2.45, 2.75) is 39.0 Å². The SMILES string of the molecule is Cc1cc(C(=O)NCCCCCCC(=O)O)c(F)cc1F. The van der Waals surface area contributed by atoms with Crippen molar-refractivity contribution >= 4 is 11.9 Å². The van der Waals surface area contributed by atoms with Crippen LogP contribution in [0.4, 0.5) is 8.78 Å². The van der Waals surface area contributed by atoms with Gasteiger partial charge in [0.15, 0.2) is 0 Å². The van der Waals surface area contributed by atoms with Crippen LogP contribution in [0.15, 0.2) is 12.1 Å². The molecule has 0 atom stereocenters. The molecule has 0 aromatic heterocycles. The van der Waals surface area contributed by atoms with Gasteiger partial charge in [-0.15, -0.1) is 0 Å². The van der Waals surface area contributed by atoms with E-state index >= 15 is 0 Å². The van der Waals surface area contributed by atoms with Gasteiger partial charge in [0, 0.05) is 19.0 Å². The molecule has 0 unspecified atom stereocenters. The van der Waals surface area contributed by atoms with Gasteiger partial charge in [0.05, 0.1) is 5.56 Å². The third kappa shape index (κ3) is 5.89. The highest BCUT2D eigenvalue weighted by Gasteiger charge is 2.13. The van der Waals surface area contributed by atoms with Gasteiger partial charge < -0.3 is 10.4 Å². The molecule has 0 fully saturated rings. The second-order valence-corrected chi connectivity index (χ2v) is 4.90. The van der Waals surface area contributed by atoms with Gasteiger partial charge in [0.1, 0.15) is 11.6 Å². The Kier molecular flexibility index (Phi) is 6.78. The first-order valence-corrected chi connectivity index (χ1v) is 6.87. The summed E-state index contributed by atoms with van der Waals surface area (Å²) in [5.41, 5.74) is 0.0509. The van der Waals surface area contributed by atoms with Crippen molar-refractivity contribution in [3.63, 3.8) is 0 Å². The van der Waals surface area contributed by atoms with Crippen molar-refractivity contribution in [3.05, 3.63) is 34.9 Å². The first-order valence-electron chi connectivity index (χ1n) is 6.87. The van der Waals surface area contributed by atoms with Crippen LogP contribution in [0.1, 0.15) is 48.0 Å². The minimum atomic E-state index is -0.878. The zero-order chi connectivity index (χ0) is 15.8. The first-order chi connectivity index (χ1) is 9.91. The van der Waals surface area contributed by atoms with Crippen LogP contribution in [0.25, 0.3) is 0 Å². The average molecular weight is 299 g/mol. The molecule has 0 aliphatic carbocycles. The normalized spacial score (nSPS) is 10.4. The number of rotatable bonds is 8. The molecule has 116 valence electrons. The Morgan fingerprint density at radius 3 is 2.43 bits per heavy atom. The summed E-state index contributed by atoms with van der Waals surface area (Å²) < 4.78 is 26.6. The minimum Gasteiger partial charge on any atom is -0.481 e. The molecule has 1 rings (SSSR count). The van der Waals surface area contributed by atoms with Crippen molar-refractivity contribution < 1.29 is 23.5 Å². The summed E-state index contributed by atoms with van der Waals surface area (Å²) in [6, 6.07) is 1.89. The molecular weight excluding hydrogens is 280 g/mol. The number of aliphatic carboxylic acids is 1. The monoisotopic (exact) mass is 299 g/mol. The molecule has 1 amide bonds. The van der Waals surface area contributed by atoms with E-state index in [9.17, 15) is 18.4 Å². The molecule has 0 saturated carbocycles. The Bertz CT molecular complexity index is 518. The maximum atomic E-state index is 13.5. The molecule has 1 aromatic carbocycles. The van der Waals surface area contributed by atoms with E-state index in [1.165, 1.54) is 13.0 Å². The van der Waals surface area contributed by atoms with E-state index in [0.29, 0.717) is 25.5 Å². The average Bonchev–Trinajstić information content (AvgIpc) is 2.41. The highest BCUT2D eigenvalue weighted by Crippen LogP contribution is 2.14. The summed E-state index contributed by atoms with van der Waals surface area (Å²) >= 11 is 0. The van der Waals surface area contributed by atoms with Gasteiger partial charge in [0.2, 0.25) is 0 Å². The lowest BCUT2D eigenvalue weighted by molar-refractivity contribution is -0.137. The summed E-state index contributed by atoms with van der Waals surface area (Å²) in [5, 5.41) is 11.0. The van der Waals surface area contributed by atoms with Crippen molar-refractivity contribution in [1.82, 2.24) is 5.32 Å². The van der Waals surface area contributed by atoms with E-state index < -0.39 is 23.5 Å². The van der Waals surface area contributed by atoms with Crippen LogP contribution in [0.5, 0.6) is 0 Å². The summed E-state index contributed by atoms with van der Waals surface area (Å²) in [6.07, 6.45) is 3.00. The van der Waals surface area contributed by atoms with Gasteiger partial charge in [-0.1, -0.05) is 12.8 Å². The summed E-state index contributed by atoms with van der Waals surface area (Å²) in [5.74, 6) is -2.94. The molecule has 0 aliphatic heterocycles. The number of hydrogen-bond donors (Lipinski definition) is 2. The second-order valence-electron chi connectivity index (χ2n) is 4.90. The maximum absolute atomic E-state index is 13.5. The van der Waals surface area contributed by atoms with Gasteiger partial charge in [0.25, 0.3) is 5.91 Å². The molecule has 6 heteroatoms. The van der Waals surface area contributed by atoms with Gasteiger partial charge in [-0.25, -0.2) is 8.78 Å². The lowest BCUT2D eigenvalue weighted by Crippen LogP contribution is -2.25. The first kappa shape index (κ1) is 17.1. The number of carboxylic acids is 1. The van der Waals surface area contributed by atoms with E-state index in [1.807, 2.05) is 0 Å². The zero-order valence-corrected chi connectivity index (χ0v) is 11.9. The lowest BCUT2D eigenvalue weighted by atomic mass is 10.1. The Labute approximate surface area is 122 Å². The van der Waals surface area contributed by atoms with E-state index in [4.69, 9.17) is 5.11 Å². The number of hydrogen-bond acceptors (Lipinski definition) is 2. The van der Waals surface area contributed by atoms with Gasteiger partial charge in [-0.3, -0.25) is 9.59 Å². The third-order valence-electron chi connectivity index (χ3n) is 3.10. The minimum absolute atomic E-state index is 0.145. The van der Waals surface area contributed by atoms with E-state index in [1.54, 1.807) is 0 Å². The van der Waals surface area contributed by atoms with Crippen LogP contribution < -0.4 is 5.32 Å². The number of carbonyl (C=O) groups is 2. The van der Waals surface area contributed by atoms with Crippen LogP contribution in [0.3, 0.4) is 0 Å². The smallest absolute Gasteiger partial charge is 0.303 e. The predicted molar refractivity (Wildman–Crippen MR) is 74.1 cm³/mol. The molecule has 1 aromatic rings. The Balaban J connectivity index is 2.31. The highest BCUT2D eigenvalue weighted by molar-refractivity contribution is 5.94. The molecule has 0 spiro atoms. The van der Waals surface area contributed by atoms with Crippen molar-refractivity contribution in [1.29, 1.82) is 0 Å². The highest BCUT2D eigenvalue weighted by atomic mass is 19.1.